The molecule has 0 radical (unpaired) electrons. The van der Waals surface area contributed by atoms with E-state index < -0.39 is 17.8 Å². The Kier molecular flexibility index (Phi) is 6.90. The molecule has 0 saturated carbocycles. The van der Waals surface area contributed by atoms with Gasteiger partial charge in [0.1, 0.15) is 5.25 Å². The molecule has 3 rings (SSSR count). The maximum Gasteiger partial charge on any atom is 0.324 e. The minimum Gasteiger partial charge on any atom is -0.456 e. The van der Waals surface area contributed by atoms with Crippen LogP contribution in [0.25, 0.3) is 0 Å². The van der Waals surface area contributed by atoms with Gasteiger partial charge in [-0.25, -0.2) is 0 Å². The second kappa shape index (κ2) is 9.59. The highest BCUT2D eigenvalue weighted by atomic mass is 32.2. The van der Waals surface area contributed by atoms with Gasteiger partial charge >= 0.3 is 5.97 Å². The maximum absolute atomic E-state index is 12.9. The Morgan fingerprint density at radius 1 is 0.967 bits per heavy atom. The predicted molar refractivity (Wildman–Crippen MR) is 117 cm³/mol. The number of thioether (sulfide) groups is 1. The lowest BCUT2D eigenvalue weighted by Gasteiger charge is -2.16. The minimum atomic E-state index is -0.597. The van der Waals surface area contributed by atoms with Crippen molar-refractivity contribution in [1.29, 1.82) is 0 Å². The standard InChI is InChI=1S/C24H23NO4S/c1-15-21(17(3)26)16(2)25-22(15)20(27)14-29-24(28)23(18-10-6-4-7-11-18)30-19-12-8-5-9-13-19/h4-13,23,25H,14H2,1-3H3/t23-/m0/s1. The number of esters is 1. The Balaban J connectivity index is 1.75. The van der Waals surface area contributed by atoms with Gasteiger partial charge in [0.2, 0.25) is 5.78 Å². The highest BCUT2D eigenvalue weighted by Gasteiger charge is 2.26. The van der Waals surface area contributed by atoms with E-state index in [1.54, 1.807) is 13.8 Å². The van der Waals surface area contributed by atoms with Crippen molar-refractivity contribution in [3.63, 3.8) is 0 Å². The molecule has 0 amide bonds. The van der Waals surface area contributed by atoms with Gasteiger partial charge in [-0.15, -0.1) is 11.8 Å². The Morgan fingerprint density at radius 2 is 1.57 bits per heavy atom. The van der Waals surface area contributed by atoms with Gasteiger partial charge in [0.05, 0.1) is 5.69 Å². The molecule has 30 heavy (non-hydrogen) atoms. The number of ether oxygens (including phenoxy) is 1. The first-order chi connectivity index (χ1) is 14.4. The van der Waals surface area contributed by atoms with Crippen molar-refractivity contribution in [2.75, 3.05) is 6.61 Å². The summed E-state index contributed by atoms with van der Waals surface area (Å²) in [5, 5.41) is -0.597. The van der Waals surface area contributed by atoms with Gasteiger partial charge < -0.3 is 9.72 Å². The molecule has 0 saturated heterocycles. The van der Waals surface area contributed by atoms with Crippen molar-refractivity contribution in [3.05, 3.63) is 88.7 Å². The zero-order chi connectivity index (χ0) is 21.7. The predicted octanol–water partition coefficient (Wildman–Crippen LogP) is 5.09. The summed E-state index contributed by atoms with van der Waals surface area (Å²) in [5.74, 6) is -0.968. The van der Waals surface area contributed by atoms with E-state index in [0.29, 0.717) is 22.5 Å². The molecule has 0 aliphatic carbocycles. The summed E-state index contributed by atoms with van der Waals surface area (Å²) >= 11 is 1.37. The smallest absolute Gasteiger partial charge is 0.324 e. The molecule has 0 bridgehead atoms. The Bertz CT molecular complexity index is 1060. The third-order valence-electron chi connectivity index (χ3n) is 4.73. The summed E-state index contributed by atoms with van der Waals surface area (Å²) in [6, 6.07) is 18.9. The quantitative estimate of drug-likeness (QED) is 0.311. The summed E-state index contributed by atoms with van der Waals surface area (Å²) in [6.07, 6.45) is 0. The van der Waals surface area contributed by atoms with Crippen molar-refractivity contribution in [1.82, 2.24) is 4.98 Å². The van der Waals surface area contributed by atoms with Crippen LogP contribution in [0.3, 0.4) is 0 Å². The molecule has 0 spiro atoms. The number of benzene rings is 2. The number of aryl methyl sites for hydroxylation is 1. The van der Waals surface area contributed by atoms with E-state index in [0.717, 1.165) is 10.5 Å². The monoisotopic (exact) mass is 421 g/mol. The molecule has 2 aromatic carbocycles. The zero-order valence-electron chi connectivity index (χ0n) is 17.1. The molecular formula is C24H23NO4S. The van der Waals surface area contributed by atoms with Crippen molar-refractivity contribution < 1.29 is 19.1 Å². The molecule has 5 nitrogen and oxygen atoms in total. The summed E-state index contributed by atoms with van der Waals surface area (Å²) in [7, 11) is 0. The first kappa shape index (κ1) is 21.6. The summed E-state index contributed by atoms with van der Waals surface area (Å²) < 4.78 is 5.40. The lowest BCUT2D eigenvalue weighted by molar-refractivity contribution is -0.142. The molecule has 154 valence electrons. The van der Waals surface area contributed by atoms with Gasteiger partial charge in [0.15, 0.2) is 12.4 Å². The molecular weight excluding hydrogens is 398 g/mol. The van der Waals surface area contributed by atoms with Gasteiger partial charge in [-0.3, -0.25) is 14.4 Å². The van der Waals surface area contributed by atoms with Crippen molar-refractivity contribution in [2.45, 2.75) is 30.9 Å². The summed E-state index contributed by atoms with van der Waals surface area (Å²) in [5.41, 5.74) is 2.83. The van der Waals surface area contributed by atoms with Gasteiger partial charge in [-0.05, 0) is 44.0 Å². The fourth-order valence-corrected chi connectivity index (χ4v) is 4.40. The van der Waals surface area contributed by atoms with Gasteiger partial charge in [0.25, 0.3) is 0 Å². The minimum absolute atomic E-state index is 0.110. The normalized spacial score (nSPS) is 11.7. The fraction of sp³-hybridized carbons (Fsp3) is 0.208. The molecule has 1 atom stereocenters. The van der Waals surface area contributed by atoms with E-state index >= 15 is 0 Å². The van der Waals surface area contributed by atoms with Crippen LogP contribution in [-0.4, -0.2) is 29.1 Å². The van der Waals surface area contributed by atoms with Crippen molar-refractivity contribution in [3.8, 4) is 0 Å². The number of carbonyl (C=O) groups excluding carboxylic acids is 3. The molecule has 6 heteroatoms. The third kappa shape index (κ3) is 4.89. The molecule has 1 N–H and O–H groups in total. The van der Waals surface area contributed by atoms with Crippen LogP contribution in [0.4, 0.5) is 0 Å². The first-order valence-corrected chi connectivity index (χ1v) is 10.4. The SMILES string of the molecule is CC(=O)c1c(C)[nH]c(C(=O)COC(=O)[C@@H](Sc2ccccc2)c2ccccc2)c1C. The van der Waals surface area contributed by atoms with Gasteiger partial charge in [0, 0.05) is 16.2 Å². The Hall–Kier alpha value is -3.12. The Morgan fingerprint density at radius 3 is 2.13 bits per heavy atom. The fourth-order valence-electron chi connectivity index (χ4n) is 3.36. The number of aromatic amines is 1. The van der Waals surface area contributed by atoms with Crippen LogP contribution in [0.15, 0.2) is 65.6 Å². The van der Waals surface area contributed by atoms with Crippen LogP contribution in [0.2, 0.25) is 0 Å². The van der Waals surface area contributed by atoms with Crippen LogP contribution in [0.1, 0.15) is 49.8 Å². The molecule has 0 aliphatic heterocycles. The van der Waals surface area contributed by atoms with Crippen LogP contribution < -0.4 is 0 Å². The van der Waals surface area contributed by atoms with E-state index in [4.69, 9.17) is 4.74 Å². The topological polar surface area (TPSA) is 76.2 Å². The largest absolute Gasteiger partial charge is 0.456 e. The lowest BCUT2D eigenvalue weighted by Crippen LogP contribution is -2.19. The van der Waals surface area contributed by atoms with Crippen LogP contribution >= 0.6 is 11.8 Å². The molecule has 1 aromatic heterocycles. The van der Waals surface area contributed by atoms with Gasteiger partial charge in [-0.2, -0.15) is 0 Å². The number of hydrogen-bond acceptors (Lipinski definition) is 5. The number of nitrogens with one attached hydrogen (secondary N) is 1. The van der Waals surface area contributed by atoms with E-state index in [-0.39, 0.29) is 11.6 Å². The number of hydrogen-bond donors (Lipinski definition) is 1. The molecule has 0 unspecified atom stereocenters. The summed E-state index contributed by atoms with van der Waals surface area (Å²) in [6.45, 7) is 4.53. The van der Waals surface area contributed by atoms with Crippen LogP contribution in [0, 0.1) is 13.8 Å². The average molecular weight is 422 g/mol. The number of aromatic nitrogens is 1. The van der Waals surface area contributed by atoms with E-state index in [9.17, 15) is 14.4 Å². The highest BCUT2D eigenvalue weighted by Crippen LogP contribution is 2.36. The Labute approximate surface area is 179 Å². The van der Waals surface area contributed by atoms with Crippen LogP contribution in [0.5, 0.6) is 0 Å². The molecule has 0 aliphatic rings. The summed E-state index contributed by atoms with van der Waals surface area (Å²) in [4.78, 5) is 41.2. The lowest BCUT2D eigenvalue weighted by atomic mass is 10.1. The first-order valence-electron chi connectivity index (χ1n) is 9.55. The molecule has 3 aromatic rings. The van der Waals surface area contributed by atoms with Gasteiger partial charge in [-0.1, -0.05) is 48.5 Å². The second-order valence-corrected chi connectivity index (χ2v) is 8.11. The average Bonchev–Trinajstić information content (AvgIpc) is 3.05. The number of Topliss-reactive ketones (excluding diaryl/α,β-unsaturated/α-hetero) is 2. The molecule has 0 fully saturated rings. The maximum atomic E-state index is 12.9. The highest BCUT2D eigenvalue weighted by molar-refractivity contribution is 8.00. The zero-order valence-corrected chi connectivity index (χ0v) is 17.9. The number of rotatable bonds is 8. The molecule has 1 heterocycles. The number of H-pyrrole nitrogens is 1. The van der Waals surface area contributed by atoms with Crippen molar-refractivity contribution >= 4 is 29.3 Å². The van der Waals surface area contributed by atoms with E-state index in [2.05, 4.69) is 4.98 Å². The van der Waals surface area contributed by atoms with E-state index in [1.807, 2.05) is 60.7 Å². The third-order valence-corrected chi connectivity index (χ3v) is 5.97. The second-order valence-electron chi connectivity index (χ2n) is 6.93. The van der Waals surface area contributed by atoms with Crippen molar-refractivity contribution in [2.24, 2.45) is 0 Å². The number of carbonyl (C=O) groups is 3. The van der Waals surface area contributed by atoms with Crippen LogP contribution in [-0.2, 0) is 9.53 Å². The van der Waals surface area contributed by atoms with E-state index in [1.165, 1.54) is 18.7 Å². The number of ketones is 2.